The molecule has 0 aliphatic heterocycles. The van der Waals surface area contributed by atoms with Crippen molar-refractivity contribution in [3.05, 3.63) is 82.3 Å². The molecule has 7 nitrogen and oxygen atoms in total. The lowest BCUT2D eigenvalue weighted by Crippen LogP contribution is -2.29. The molecular formula is C21H17Cl2N3O4S. The predicted octanol–water partition coefficient (Wildman–Crippen LogP) is 4.58. The Labute approximate surface area is 189 Å². The van der Waals surface area contributed by atoms with Gasteiger partial charge in [-0.25, -0.2) is 12.7 Å². The molecule has 0 radical (unpaired) electrons. The van der Waals surface area contributed by atoms with Crippen molar-refractivity contribution in [2.75, 3.05) is 9.62 Å². The Kier molecular flexibility index (Phi) is 6.54. The lowest BCUT2D eigenvalue weighted by molar-refractivity contribution is -0.114. The topological polar surface area (TPSA) is 110 Å². The molecule has 0 unspecified atom stereocenters. The van der Waals surface area contributed by atoms with E-state index in [4.69, 9.17) is 28.9 Å². The zero-order valence-corrected chi connectivity index (χ0v) is 18.5. The van der Waals surface area contributed by atoms with Crippen molar-refractivity contribution in [3.8, 4) is 0 Å². The van der Waals surface area contributed by atoms with E-state index in [9.17, 15) is 18.0 Å². The van der Waals surface area contributed by atoms with E-state index in [1.165, 1.54) is 61.5 Å². The molecule has 0 aromatic heterocycles. The second kappa shape index (κ2) is 8.97. The zero-order valence-electron chi connectivity index (χ0n) is 16.2. The van der Waals surface area contributed by atoms with Gasteiger partial charge in [-0.15, -0.1) is 0 Å². The first-order valence-electron chi connectivity index (χ1n) is 8.87. The standard InChI is InChI=1S/C21H17Cl2N3O4S/c1-13(27)25-16-6-8-18(9-7-16)31(29,30)26(17-11-14(22)10-15(23)12-17)20-5-3-2-4-19(20)21(24)28/h2-12H,1H3,(H2,24,28)(H,25,27). The van der Waals surface area contributed by atoms with Crippen molar-refractivity contribution in [2.45, 2.75) is 11.8 Å². The summed E-state index contributed by atoms with van der Waals surface area (Å²) in [6, 6.07) is 15.9. The molecule has 2 amide bonds. The minimum atomic E-state index is -4.25. The van der Waals surface area contributed by atoms with E-state index in [0.29, 0.717) is 5.69 Å². The predicted molar refractivity (Wildman–Crippen MR) is 121 cm³/mol. The molecule has 0 atom stereocenters. The van der Waals surface area contributed by atoms with E-state index < -0.39 is 15.9 Å². The number of hydrogen-bond donors (Lipinski definition) is 2. The third kappa shape index (κ3) is 4.99. The molecule has 0 spiro atoms. The molecule has 160 valence electrons. The van der Waals surface area contributed by atoms with Gasteiger partial charge >= 0.3 is 0 Å². The van der Waals surface area contributed by atoms with Crippen LogP contribution in [0.3, 0.4) is 0 Å². The molecule has 3 rings (SSSR count). The summed E-state index contributed by atoms with van der Waals surface area (Å²) in [5.74, 6) is -1.09. The fourth-order valence-corrected chi connectivity index (χ4v) is 4.95. The van der Waals surface area contributed by atoms with Crippen LogP contribution in [0.15, 0.2) is 71.6 Å². The molecule has 0 fully saturated rings. The monoisotopic (exact) mass is 477 g/mol. The van der Waals surface area contributed by atoms with Crippen molar-refractivity contribution in [1.82, 2.24) is 0 Å². The highest BCUT2D eigenvalue weighted by Gasteiger charge is 2.30. The van der Waals surface area contributed by atoms with Crippen LogP contribution >= 0.6 is 23.2 Å². The summed E-state index contributed by atoms with van der Waals surface area (Å²) in [6.45, 7) is 1.34. The van der Waals surface area contributed by atoms with Crippen LogP contribution in [-0.4, -0.2) is 20.2 Å². The number of halogens is 2. The molecule has 0 bridgehead atoms. The Morgan fingerprint density at radius 1 is 0.935 bits per heavy atom. The number of primary amides is 1. The first-order valence-corrected chi connectivity index (χ1v) is 11.1. The number of carbonyl (C=O) groups excluding carboxylic acids is 2. The number of rotatable bonds is 6. The van der Waals surface area contributed by atoms with E-state index >= 15 is 0 Å². The van der Waals surface area contributed by atoms with E-state index in [-0.39, 0.29) is 37.8 Å². The highest BCUT2D eigenvalue weighted by molar-refractivity contribution is 7.93. The largest absolute Gasteiger partial charge is 0.366 e. The third-order valence-electron chi connectivity index (χ3n) is 4.18. The molecule has 0 saturated carbocycles. The number of para-hydroxylation sites is 1. The Hall–Kier alpha value is -3.07. The summed E-state index contributed by atoms with van der Waals surface area (Å²) < 4.78 is 28.3. The highest BCUT2D eigenvalue weighted by atomic mass is 35.5. The maximum Gasteiger partial charge on any atom is 0.268 e. The molecule has 3 aromatic carbocycles. The first kappa shape index (κ1) is 22.6. The number of nitrogens with one attached hydrogen (secondary N) is 1. The number of hydrogen-bond acceptors (Lipinski definition) is 4. The van der Waals surface area contributed by atoms with Crippen LogP contribution in [-0.2, 0) is 14.8 Å². The maximum atomic E-state index is 13.7. The Balaban J connectivity index is 2.23. The van der Waals surface area contributed by atoms with Crippen LogP contribution in [0.1, 0.15) is 17.3 Å². The van der Waals surface area contributed by atoms with Crippen LogP contribution in [0.25, 0.3) is 0 Å². The highest BCUT2D eigenvalue weighted by Crippen LogP contribution is 2.37. The van der Waals surface area contributed by atoms with Crippen molar-refractivity contribution >= 4 is 62.1 Å². The first-order chi connectivity index (χ1) is 14.6. The second-order valence-corrected chi connectivity index (χ2v) is 9.14. The molecule has 3 aromatic rings. The average Bonchev–Trinajstić information content (AvgIpc) is 2.67. The quantitative estimate of drug-likeness (QED) is 0.541. The molecule has 31 heavy (non-hydrogen) atoms. The van der Waals surface area contributed by atoms with Crippen LogP contribution in [0.4, 0.5) is 17.1 Å². The molecule has 10 heteroatoms. The van der Waals surface area contributed by atoms with Crippen LogP contribution < -0.4 is 15.4 Å². The number of nitrogens with two attached hydrogens (primary N) is 1. The SMILES string of the molecule is CC(=O)Nc1ccc(S(=O)(=O)N(c2cc(Cl)cc(Cl)c2)c2ccccc2C(N)=O)cc1. The van der Waals surface area contributed by atoms with Crippen LogP contribution in [0.2, 0.25) is 10.0 Å². The van der Waals surface area contributed by atoms with Crippen LogP contribution in [0.5, 0.6) is 0 Å². The van der Waals surface area contributed by atoms with Gasteiger partial charge in [0.25, 0.3) is 15.9 Å². The molecule has 3 N–H and O–H groups in total. The Bertz CT molecular complexity index is 1240. The number of benzene rings is 3. The lowest BCUT2D eigenvalue weighted by atomic mass is 10.1. The Morgan fingerprint density at radius 3 is 2.06 bits per heavy atom. The summed E-state index contributed by atoms with van der Waals surface area (Å²) in [7, 11) is -4.25. The summed E-state index contributed by atoms with van der Waals surface area (Å²) in [4.78, 5) is 23.2. The van der Waals surface area contributed by atoms with Gasteiger partial charge in [-0.05, 0) is 54.6 Å². The normalized spacial score (nSPS) is 11.1. The van der Waals surface area contributed by atoms with Gasteiger partial charge in [-0.1, -0.05) is 35.3 Å². The second-order valence-electron chi connectivity index (χ2n) is 6.48. The molecule has 0 heterocycles. The minimum Gasteiger partial charge on any atom is -0.366 e. The van der Waals surface area contributed by atoms with Crippen molar-refractivity contribution < 1.29 is 18.0 Å². The number of amides is 2. The van der Waals surface area contributed by atoms with Gasteiger partial charge < -0.3 is 11.1 Å². The van der Waals surface area contributed by atoms with Gasteiger partial charge in [-0.3, -0.25) is 9.59 Å². The summed E-state index contributed by atoms with van der Waals surface area (Å²) >= 11 is 12.2. The third-order valence-corrected chi connectivity index (χ3v) is 6.38. The minimum absolute atomic E-state index is 0.00274. The molecular weight excluding hydrogens is 461 g/mol. The van der Waals surface area contributed by atoms with Crippen molar-refractivity contribution in [2.24, 2.45) is 5.73 Å². The van der Waals surface area contributed by atoms with E-state index in [1.807, 2.05) is 0 Å². The van der Waals surface area contributed by atoms with Crippen LogP contribution in [0, 0.1) is 0 Å². The van der Waals surface area contributed by atoms with Gasteiger partial charge in [0, 0.05) is 22.7 Å². The molecule has 0 aliphatic carbocycles. The van der Waals surface area contributed by atoms with E-state index in [1.54, 1.807) is 12.1 Å². The molecule has 0 saturated heterocycles. The van der Waals surface area contributed by atoms with Gasteiger partial charge in [0.1, 0.15) is 0 Å². The summed E-state index contributed by atoms with van der Waals surface area (Å²) in [5, 5.41) is 2.99. The fourth-order valence-electron chi connectivity index (χ4n) is 2.94. The van der Waals surface area contributed by atoms with Gasteiger partial charge in [0.05, 0.1) is 21.8 Å². The van der Waals surface area contributed by atoms with Crippen molar-refractivity contribution in [1.29, 1.82) is 0 Å². The summed E-state index contributed by atoms with van der Waals surface area (Å²) in [6.07, 6.45) is 0. The van der Waals surface area contributed by atoms with Gasteiger partial charge in [0.2, 0.25) is 5.91 Å². The lowest BCUT2D eigenvalue weighted by Gasteiger charge is -2.26. The number of carbonyl (C=O) groups is 2. The molecule has 0 aliphatic rings. The number of anilines is 3. The van der Waals surface area contributed by atoms with Gasteiger partial charge in [-0.2, -0.15) is 0 Å². The maximum absolute atomic E-state index is 13.7. The van der Waals surface area contributed by atoms with E-state index in [2.05, 4.69) is 5.32 Å². The summed E-state index contributed by atoms with van der Waals surface area (Å²) in [5.41, 5.74) is 6.08. The average molecular weight is 478 g/mol. The number of sulfonamides is 1. The zero-order chi connectivity index (χ0) is 22.8. The number of nitrogens with zero attached hydrogens (tertiary/aromatic N) is 1. The van der Waals surface area contributed by atoms with E-state index in [0.717, 1.165) is 4.31 Å². The van der Waals surface area contributed by atoms with Crippen molar-refractivity contribution in [3.63, 3.8) is 0 Å². The Morgan fingerprint density at radius 2 is 1.52 bits per heavy atom. The smallest absolute Gasteiger partial charge is 0.268 e. The van der Waals surface area contributed by atoms with Gasteiger partial charge in [0.15, 0.2) is 0 Å². The fraction of sp³-hybridized carbons (Fsp3) is 0.0476.